The molecule has 7 heteroatoms. The van der Waals surface area contributed by atoms with Crippen LogP contribution in [0.25, 0.3) is 0 Å². The highest BCUT2D eigenvalue weighted by Crippen LogP contribution is 2.19. The summed E-state index contributed by atoms with van der Waals surface area (Å²) in [6, 6.07) is -1.37. The van der Waals surface area contributed by atoms with Crippen LogP contribution in [0.3, 0.4) is 0 Å². The SMILES string of the molecule is COCC(NC(=O)N1CCC(OC)CC1C)C(=O)O. The predicted octanol–water partition coefficient (Wildman–Crippen LogP) is 0.295. The molecule has 0 radical (unpaired) electrons. The van der Waals surface area contributed by atoms with Crippen molar-refractivity contribution in [3.63, 3.8) is 0 Å². The first-order valence-corrected chi connectivity index (χ1v) is 6.31. The Morgan fingerprint density at radius 2 is 2.16 bits per heavy atom. The number of hydrogen-bond donors (Lipinski definition) is 2. The predicted molar refractivity (Wildman–Crippen MR) is 68.0 cm³/mol. The van der Waals surface area contributed by atoms with Crippen LogP contribution in [-0.2, 0) is 14.3 Å². The average Bonchev–Trinajstić information content (AvgIpc) is 2.37. The molecule has 2 amide bonds. The molecular formula is C12H22N2O5. The number of nitrogens with one attached hydrogen (secondary N) is 1. The van der Waals surface area contributed by atoms with Crippen LogP contribution in [0.2, 0.25) is 0 Å². The summed E-state index contributed by atoms with van der Waals surface area (Å²) >= 11 is 0. The molecule has 2 N–H and O–H groups in total. The quantitative estimate of drug-likeness (QED) is 0.752. The number of carboxylic acid groups (broad SMARTS) is 1. The lowest BCUT2D eigenvalue weighted by Gasteiger charge is -2.37. The van der Waals surface area contributed by atoms with Gasteiger partial charge in [-0.3, -0.25) is 0 Å². The molecule has 7 nitrogen and oxygen atoms in total. The zero-order valence-electron chi connectivity index (χ0n) is 11.6. The number of carboxylic acids is 1. The Kier molecular flexibility index (Phi) is 6.04. The lowest BCUT2D eigenvalue weighted by atomic mass is 10.0. The summed E-state index contributed by atoms with van der Waals surface area (Å²) in [4.78, 5) is 24.6. The second-order valence-electron chi connectivity index (χ2n) is 4.72. The van der Waals surface area contributed by atoms with Crippen LogP contribution in [0.1, 0.15) is 19.8 Å². The molecule has 0 aromatic carbocycles. The van der Waals surface area contributed by atoms with Gasteiger partial charge in [-0.05, 0) is 19.8 Å². The molecule has 1 heterocycles. The molecule has 0 aromatic heterocycles. The van der Waals surface area contributed by atoms with Gasteiger partial charge in [0.15, 0.2) is 6.04 Å². The number of urea groups is 1. The zero-order chi connectivity index (χ0) is 14.4. The second-order valence-corrected chi connectivity index (χ2v) is 4.72. The number of aliphatic carboxylic acids is 1. The first kappa shape index (κ1) is 15.7. The van der Waals surface area contributed by atoms with Gasteiger partial charge in [0.25, 0.3) is 0 Å². The van der Waals surface area contributed by atoms with E-state index in [1.165, 1.54) is 7.11 Å². The maximum atomic E-state index is 12.0. The molecule has 0 aliphatic carbocycles. The van der Waals surface area contributed by atoms with Crippen molar-refractivity contribution < 1.29 is 24.2 Å². The minimum atomic E-state index is -1.10. The first-order valence-electron chi connectivity index (χ1n) is 6.31. The number of hydrogen-bond acceptors (Lipinski definition) is 4. The number of nitrogens with zero attached hydrogens (tertiary/aromatic N) is 1. The van der Waals surface area contributed by atoms with Gasteiger partial charge in [0.05, 0.1) is 12.7 Å². The van der Waals surface area contributed by atoms with E-state index in [1.807, 2.05) is 6.92 Å². The van der Waals surface area contributed by atoms with Gasteiger partial charge < -0.3 is 24.8 Å². The van der Waals surface area contributed by atoms with Crippen LogP contribution in [0.5, 0.6) is 0 Å². The zero-order valence-corrected chi connectivity index (χ0v) is 11.6. The van der Waals surface area contributed by atoms with Crippen LogP contribution in [0.15, 0.2) is 0 Å². The van der Waals surface area contributed by atoms with Crippen LogP contribution in [-0.4, -0.2) is 67.6 Å². The number of carbonyl (C=O) groups is 2. The Labute approximate surface area is 112 Å². The smallest absolute Gasteiger partial charge is 0.328 e. The summed E-state index contributed by atoms with van der Waals surface area (Å²) in [5.41, 5.74) is 0. The van der Waals surface area contributed by atoms with E-state index in [0.29, 0.717) is 6.54 Å². The van der Waals surface area contributed by atoms with Crippen LogP contribution in [0, 0.1) is 0 Å². The van der Waals surface area contributed by atoms with E-state index in [9.17, 15) is 9.59 Å². The van der Waals surface area contributed by atoms with Gasteiger partial charge in [0.2, 0.25) is 0 Å². The van der Waals surface area contributed by atoms with Crippen molar-refractivity contribution >= 4 is 12.0 Å². The third-order valence-electron chi connectivity index (χ3n) is 3.35. The van der Waals surface area contributed by atoms with Gasteiger partial charge in [0.1, 0.15) is 0 Å². The van der Waals surface area contributed by atoms with Gasteiger partial charge in [-0.1, -0.05) is 0 Å². The average molecular weight is 274 g/mol. The van der Waals surface area contributed by atoms with Crippen molar-refractivity contribution in [2.24, 2.45) is 0 Å². The summed E-state index contributed by atoms with van der Waals surface area (Å²) in [6.45, 7) is 2.44. The maximum Gasteiger partial charge on any atom is 0.328 e. The second kappa shape index (κ2) is 7.30. The summed E-state index contributed by atoms with van der Waals surface area (Å²) < 4.78 is 10.1. The summed E-state index contributed by atoms with van der Waals surface area (Å²) in [6.07, 6.45) is 1.68. The minimum absolute atomic E-state index is 0.0238. The standard InChI is InChI=1S/C12H22N2O5/c1-8-6-9(19-3)4-5-14(8)12(17)13-10(7-18-2)11(15)16/h8-10H,4-7H2,1-3H3,(H,13,17)(H,15,16). The Bertz CT molecular complexity index is 323. The van der Waals surface area contributed by atoms with Gasteiger partial charge in [-0.2, -0.15) is 0 Å². The van der Waals surface area contributed by atoms with Gasteiger partial charge in [-0.25, -0.2) is 9.59 Å². The van der Waals surface area contributed by atoms with Gasteiger partial charge in [0, 0.05) is 26.8 Å². The fourth-order valence-electron chi connectivity index (χ4n) is 2.22. The van der Waals surface area contributed by atoms with Gasteiger partial charge in [-0.15, -0.1) is 0 Å². The van der Waals surface area contributed by atoms with E-state index in [0.717, 1.165) is 12.8 Å². The third kappa shape index (κ3) is 4.36. The number of carbonyl (C=O) groups excluding carboxylic acids is 1. The fraction of sp³-hybridized carbons (Fsp3) is 0.833. The number of likely N-dealkylation sites (tertiary alicyclic amines) is 1. The summed E-state index contributed by atoms with van der Waals surface area (Å²) in [7, 11) is 3.06. The largest absolute Gasteiger partial charge is 0.480 e. The molecule has 3 unspecified atom stereocenters. The van der Waals surface area contributed by atoms with E-state index in [1.54, 1.807) is 12.0 Å². The van der Waals surface area contributed by atoms with E-state index in [4.69, 9.17) is 14.6 Å². The van der Waals surface area contributed by atoms with E-state index >= 15 is 0 Å². The van der Waals surface area contributed by atoms with E-state index in [2.05, 4.69) is 5.32 Å². The van der Waals surface area contributed by atoms with Crippen LogP contribution < -0.4 is 5.32 Å². The lowest BCUT2D eigenvalue weighted by molar-refractivity contribution is -0.140. The van der Waals surface area contributed by atoms with E-state index < -0.39 is 12.0 Å². The highest BCUT2D eigenvalue weighted by atomic mass is 16.5. The molecule has 0 saturated carbocycles. The molecule has 1 aliphatic heterocycles. The molecule has 0 spiro atoms. The molecular weight excluding hydrogens is 252 g/mol. The Balaban J connectivity index is 2.55. The van der Waals surface area contributed by atoms with Crippen molar-refractivity contribution in [3.05, 3.63) is 0 Å². The highest BCUT2D eigenvalue weighted by molar-refractivity contribution is 5.82. The molecule has 0 bridgehead atoms. The monoisotopic (exact) mass is 274 g/mol. The van der Waals surface area contributed by atoms with E-state index in [-0.39, 0.29) is 24.8 Å². The van der Waals surface area contributed by atoms with Crippen LogP contribution in [0.4, 0.5) is 4.79 Å². The molecule has 1 saturated heterocycles. The van der Waals surface area contributed by atoms with Crippen molar-refractivity contribution in [2.45, 2.75) is 38.0 Å². The maximum absolute atomic E-state index is 12.0. The third-order valence-corrected chi connectivity index (χ3v) is 3.35. The molecule has 0 aromatic rings. The molecule has 110 valence electrons. The molecule has 3 atom stereocenters. The highest BCUT2D eigenvalue weighted by Gasteiger charge is 2.30. The molecule has 1 aliphatic rings. The molecule has 19 heavy (non-hydrogen) atoms. The molecule has 1 rings (SSSR count). The summed E-state index contributed by atoms with van der Waals surface area (Å²) in [5.74, 6) is -1.10. The normalized spacial score (nSPS) is 24.9. The van der Waals surface area contributed by atoms with Crippen molar-refractivity contribution in [3.8, 4) is 0 Å². The number of piperidine rings is 1. The Morgan fingerprint density at radius 3 is 2.63 bits per heavy atom. The fourth-order valence-corrected chi connectivity index (χ4v) is 2.22. The van der Waals surface area contributed by atoms with Gasteiger partial charge >= 0.3 is 12.0 Å². The van der Waals surface area contributed by atoms with Crippen LogP contribution >= 0.6 is 0 Å². The number of methoxy groups -OCH3 is 2. The number of ether oxygens (including phenoxy) is 2. The topological polar surface area (TPSA) is 88.1 Å². The molecule has 1 fully saturated rings. The van der Waals surface area contributed by atoms with Crippen molar-refractivity contribution in [1.29, 1.82) is 0 Å². The number of rotatable bonds is 5. The Morgan fingerprint density at radius 1 is 1.47 bits per heavy atom. The Hall–Kier alpha value is -1.34. The van der Waals surface area contributed by atoms with Crippen molar-refractivity contribution in [1.82, 2.24) is 10.2 Å². The lowest BCUT2D eigenvalue weighted by Crippen LogP contribution is -2.55. The minimum Gasteiger partial charge on any atom is -0.480 e. The number of amides is 2. The summed E-state index contributed by atoms with van der Waals surface area (Å²) in [5, 5.41) is 11.4. The first-order chi connectivity index (χ1) is 8.99. The van der Waals surface area contributed by atoms with Crippen molar-refractivity contribution in [2.75, 3.05) is 27.4 Å².